The van der Waals surface area contributed by atoms with Gasteiger partial charge in [-0.3, -0.25) is 9.79 Å². The van der Waals surface area contributed by atoms with E-state index in [2.05, 4.69) is 15.6 Å². The molecule has 0 saturated carbocycles. The molecule has 0 aliphatic heterocycles. The highest BCUT2D eigenvalue weighted by molar-refractivity contribution is 5.93. The molecule has 0 radical (unpaired) electrons. The van der Waals surface area contributed by atoms with Gasteiger partial charge in [0, 0.05) is 39.8 Å². The topological polar surface area (TPSA) is 56.7 Å². The number of carbonyl (C=O) groups excluding carboxylic acids is 1. The van der Waals surface area contributed by atoms with Crippen LogP contribution in [0.25, 0.3) is 0 Å². The van der Waals surface area contributed by atoms with E-state index in [9.17, 15) is 13.6 Å². The van der Waals surface area contributed by atoms with Gasteiger partial charge in [-0.2, -0.15) is 0 Å². The lowest BCUT2D eigenvalue weighted by molar-refractivity contribution is 0.0827. The van der Waals surface area contributed by atoms with Gasteiger partial charge in [0.1, 0.15) is 11.6 Å². The van der Waals surface area contributed by atoms with Crippen LogP contribution in [-0.4, -0.2) is 44.5 Å². The summed E-state index contributed by atoms with van der Waals surface area (Å²) in [4.78, 5) is 17.5. The maximum absolute atomic E-state index is 13.6. The first kappa shape index (κ1) is 20.4. The van der Waals surface area contributed by atoms with Crippen LogP contribution in [0.4, 0.5) is 8.78 Å². The van der Waals surface area contributed by atoms with Crippen molar-refractivity contribution < 1.29 is 13.6 Å². The van der Waals surface area contributed by atoms with E-state index in [0.717, 1.165) is 17.7 Å². The predicted octanol–water partition coefficient (Wildman–Crippen LogP) is 2.57. The highest BCUT2D eigenvalue weighted by atomic mass is 19.1. The van der Waals surface area contributed by atoms with E-state index in [1.54, 1.807) is 33.3 Å². The van der Waals surface area contributed by atoms with E-state index in [1.165, 1.54) is 11.0 Å². The van der Waals surface area contributed by atoms with Crippen molar-refractivity contribution in [3.05, 3.63) is 70.8 Å². The molecule has 144 valence electrons. The van der Waals surface area contributed by atoms with Crippen molar-refractivity contribution in [1.82, 2.24) is 15.5 Å². The number of nitrogens with zero attached hydrogens (tertiary/aromatic N) is 2. The minimum atomic E-state index is -0.454. The third kappa shape index (κ3) is 6.06. The molecule has 0 aliphatic rings. The van der Waals surface area contributed by atoms with Crippen molar-refractivity contribution >= 4 is 11.9 Å². The van der Waals surface area contributed by atoms with Gasteiger partial charge in [-0.25, -0.2) is 8.78 Å². The first-order valence-electron chi connectivity index (χ1n) is 8.59. The molecule has 0 heterocycles. The molecule has 1 amide bonds. The predicted molar refractivity (Wildman–Crippen MR) is 103 cm³/mol. The maximum Gasteiger partial charge on any atom is 0.253 e. The lowest BCUT2D eigenvalue weighted by Gasteiger charge is -2.13. The van der Waals surface area contributed by atoms with Gasteiger partial charge >= 0.3 is 0 Å². The molecule has 7 heteroatoms. The summed E-state index contributed by atoms with van der Waals surface area (Å²) < 4.78 is 26.8. The number of nitrogens with one attached hydrogen (secondary N) is 2. The Bertz CT molecular complexity index is 804. The molecule has 0 atom stereocenters. The Morgan fingerprint density at radius 2 is 1.78 bits per heavy atom. The molecule has 5 nitrogen and oxygen atoms in total. The number of carbonyl (C=O) groups is 1. The Morgan fingerprint density at radius 3 is 2.41 bits per heavy atom. The zero-order valence-electron chi connectivity index (χ0n) is 15.7. The quantitative estimate of drug-likeness (QED) is 0.604. The van der Waals surface area contributed by atoms with E-state index in [0.29, 0.717) is 36.6 Å². The number of hydrogen-bond acceptors (Lipinski definition) is 2. The van der Waals surface area contributed by atoms with Gasteiger partial charge in [-0.1, -0.05) is 12.1 Å². The Kier molecular flexibility index (Phi) is 7.28. The van der Waals surface area contributed by atoms with Gasteiger partial charge in [0.05, 0.1) is 0 Å². The molecule has 0 saturated heterocycles. The van der Waals surface area contributed by atoms with E-state index < -0.39 is 11.6 Å². The largest absolute Gasteiger partial charge is 0.356 e. The summed E-state index contributed by atoms with van der Waals surface area (Å²) in [5.41, 5.74) is 1.94. The smallest absolute Gasteiger partial charge is 0.253 e. The number of aliphatic imine (C=N–C) groups is 1. The second-order valence-electron chi connectivity index (χ2n) is 6.23. The van der Waals surface area contributed by atoms with Gasteiger partial charge in [-0.05, 0) is 47.9 Å². The van der Waals surface area contributed by atoms with Crippen molar-refractivity contribution in [1.29, 1.82) is 0 Å². The minimum Gasteiger partial charge on any atom is -0.356 e. The third-order valence-electron chi connectivity index (χ3n) is 3.99. The van der Waals surface area contributed by atoms with E-state index in [4.69, 9.17) is 0 Å². The summed E-state index contributed by atoms with van der Waals surface area (Å²) in [5.74, 6) is -0.365. The summed E-state index contributed by atoms with van der Waals surface area (Å²) in [6.07, 6.45) is 0.339. The number of rotatable bonds is 6. The lowest BCUT2D eigenvalue weighted by Crippen LogP contribution is -2.37. The molecule has 0 unspecified atom stereocenters. The first-order chi connectivity index (χ1) is 12.9. The molecule has 0 aromatic heterocycles. The van der Waals surface area contributed by atoms with Crippen LogP contribution in [-0.2, 0) is 13.0 Å². The Labute approximate surface area is 158 Å². The van der Waals surface area contributed by atoms with Crippen molar-refractivity contribution in [2.75, 3.05) is 27.7 Å². The fourth-order valence-electron chi connectivity index (χ4n) is 2.48. The summed E-state index contributed by atoms with van der Waals surface area (Å²) in [5, 5.41) is 6.21. The van der Waals surface area contributed by atoms with Crippen molar-refractivity contribution in [2.24, 2.45) is 4.99 Å². The van der Waals surface area contributed by atoms with Crippen LogP contribution < -0.4 is 10.6 Å². The standard InChI is InChI=1S/C20H24F2N4O/c1-23-20(24-11-10-16-12-17(21)8-9-18(16)22)25-13-14-4-6-15(7-5-14)19(27)26(2)3/h4-9,12H,10-11,13H2,1-3H3,(H2,23,24,25). The van der Waals surface area contributed by atoms with Crippen LogP contribution in [0.3, 0.4) is 0 Å². The Hall–Kier alpha value is -2.96. The molecule has 2 N–H and O–H groups in total. The van der Waals surface area contributed by atoms with Crippen molar-refractivity contribution in [2.45, 2.75) is 13.0 Å². The second-order valence-corrected chi connectivity index (χ2v) is 6.23. The van der Waals surface area contributed by atoms with Gasteiger partial charge in [-0.15, -0.1) is 0 Å². The highest BCUT2D eigenvalue weighted by Gasteiger charge is 2.08. The monoisotopic (exact) mass is 374 g/mol. The van der Waals surface area contributed by atoms with Gasteiger partial charge < -0.3 is 15.5 Å². The number of amides is 1. The number of guanidine groups is 1. The number of hydrogen-bond donors (Lipinski definition) is 2. The number of halogens is 2. The summed E-state index contributed by atoms with van der Waals surface area (Å²) in [7, 11) is 5.06. The van der Waals surface area contributed by atoms with Gasteiger partial charge in [0.15, 0.2) is 5.96 Å². The molecular weight excluding hydrogens is 350 g/mol. The molecule has 2 aromatic carbocycles. The molecular formula is C20H24F2N4O. The average Bonchev–Trinajstić information content (AvgIpc) is 2.66. The van der Waals surface area contributed by atoms with E-state index in [-0.39, 0.29) is 5.91 Å². The molecule has 0 spiro atoms. The molecule has 2 rings (SSSR count). The SMILES string of the molecule is CN=C(NCCc1cc(F)ccc1F)NCc1ccc(C(=O)N(C)C)cc1. The minimum absolute atomic E-state index is 0.0448. The fraction of sp³-hybridized carbons (Fsp3) is 0.300. The fourth-order valence-corrected chi connectivity index (χ4v) is 2.48. The summed E-state index contributed by atoms with van der Waals surface area (Å²) in [6, 6.07) is 10.7. The van der Waals surface area contributed by atoms with Gasteiger partial charge in [0.2, 0.25) is 0 Å². The van der Waals surface area contributed by atoms with Gasteiger partial charge in [0.25, 0.3) is 5.91 Å². The third-order valence-corrected chi connectivity index (χ3v) is 3.99. The second kappa shape index (κ2) is 9.66. The van der Waals surface area contributed by atoms with Crippen LogP contribution in [0.1, 0.15) is 21.5 Å². The molecule has 0 fully saturated rings. The van der Waals surface area contributed by atoms with Crippen molar-refractivity contribution in [3.63, 3.8) is 0 Å². The van der Waals surface area contributed by atoms with Crippen LogP contribution >= 0.6 is 0 Å². The first-order valence-corrected chi connectivity index (χ1v) is 8.59. The normalized spacial score (nSPS) is 11.2. The molecule has 27 heavy (non-hydrogen) atoms. The zero-order chi connectivity index (χ0) is 19.8. The van der Waals surface area contributed by atoms with Crippen LogP contribution in [0, 0.1) is 11.6 Å². The molecule has 2 aromatic rings. The summed E-state index contributed by atoms with van der Waals surface area (Å²) >= 11 is 0. The average molecular weight is 374 g/mol. The van der Waals surface area contributed by atoms with E-state index >= 15 is 0 Å². The summed E-state index contributed by atoms with van der Waals surface area (Å²) in [6.45, 7) is 0.931. The highest BCUT2D eigenvalue weighted by Crippen LogP contribution is 2.10. The molecule has 0 bridgehead atoms. The zero-order valence-corrected chi connectivity index (χ0v) is 15.7. The van der Waals surface area contributed by atoms with Crippen molar-refractivity contribution in [3.8, 4) is 0 Å². The Balaban J connectivity index is 1.83. The molecule has 0 aliphatic carbocycles. The maximum atomic E-state index is 13.6. The Morgan fingerprint density at radius 1 is 1.07 bits per heavy atom. The van der Waals surface area contributed by atoms with E-state index in [1.807, 2.05) is 12.1 Å². The van der Waals surface area contributed by atoms with Crippen LogP contribution in [0.5, 0.6) is 0 Å². The van der Waals surface area contributed by atoms with Crippen LogP contribution in [0.15, 0.2) is 47.5 Å². The van der Waals surface area contributed by atoms with Crippen LogP contribution in [0.2, 0.25) is 0 Å². The lowest BCUT2D eigenvalue weighted by atomic mass is 10.1. The number of benzene rings is 2.